The van der Waals surface area contributed by atoms with Gasteiger partial charge in [-0.1, -0.05) is 6.07 Å². The first-order valence-corrected chi connectivity index (χ1v) is 4.68. The van der Waals surface area contributed by atoms with Crippen molar-refractivity contribution in [3.8, 4) is 6.07 Å². The van der Waals surface area contributed by atoms with Gasteiger partial charge in [0.15, 0.2) is 0 Å². The van der Waals surface area contributed by atoms with Gasteiger partial charge in [0.25, 0.3) is 0 Å². The Labute approximate surface area is 90.4 Å². The maximum absolute atomic E-state index is 11.3. The zero-order chi connectivity index (χ0) is 10.7. The summed E-state index contributed by atoms with van der Waals surface area (Å²) in [4.78, 5) is 11.3. The number of rotatable bonds is 1. The highest BCUT2D eigenvalue weighted by atomic mass is 79.9. The zero-order valence-electron chi connectivity index (χ0n) is 7.80. The van der Waals surface area contributed by atoms with Crippen LogP contribution in [0, 0.1) is 18.3 Å². The van der Waals surface area contributed by atoms with Crippen LogP contribution in [0.25, 0.3) is 0 Å². The predicted octanol–water partition coefficient (Wildman–Crippen LogP) is 2.42. The molecule has 0 saturated heterocycles. The average molecular weight is 254 g/mol. The van der Waals surface area contributed by atoms with Gasteiger partial charge in [-0.2, -0.15) is 5.26 Å². The van der Waals surface area contributed by atoms with Crippen LogP contribution in [0.4, 0.5) is 0 Å². The fourth-order valence-electron chi connectivity index (χ4n) is 1.07. The summed E-state index contributed by atoms with van der Waals surface area (Å²) in [5, 5.41) is 8.88. The topological polar surface area (TPSA) is 50.1 Å². The minimum atomic E-state index is -0.498. The van der Waals surface area contributed by atoms with Crippen LogP contribution in [-0.4, -0.2) is 13.1 Å². The van der Waals surface area contributed by atoms with E-state index in [1.165, 1.54) is 7.11 Å². The van der Waals surface area contributed by atoms with E-state index < -0.39 is 5.97 Å². The molecule has 0 unspecified atom stereocenters. The highest BCUT2D eigenvalue weighted by Gasteiger charge is 2.15. The van der Waals surface area contributed by atoms with E-state index >= 15 is 0 Å². The second kappa shape index (κ2) is 4.25. The molecule has 0 aromatic heterocycles. The lowest BCUT2D eigenvalue weighted by Gasteiger charge is -2.05. The number of hydrogen-bond acceptors (Lipinski definition) is 3. The molecular weight excluding hydrogens is 246 g/mol. The molecule has 0 fully saturated rings. The summed E-state index contributed by atoms with van der Waals surface area (Å²) < 4.78 is 5.20. The molecule has 3 nitrogen and oxygen atoms in total. The second-order valence-electron chi connectivity index (χ2n) is 2.72. The van der Waals surface area contributed by atoms with Gasteiger partial charge < -0.3 is 4.74 Å². The van der Waals surface area contributed by atoms with Gasteiger partial charge in [-0.15, -0.1) is 0 Å². The molecule has 0 amide bonds. The molecule has 0 N–H and O–H groups in total. The molecule has 0 atom stereocenters. The largest absolute Gasteiger partial charge is 0.465 e. The van der Waals surface area contributed by atoms with Gasteiger partial charge >= 0.3 is 5.97 Å². The van der Waals surface area contributed by atoms with Crippen molar-refractivity contribution in [1.29, 1.82) is 5.26 Å². The minimum absolute atomic E-state index is 0.285. The SMILES string of the molecule is COC(=O)c1ccc(C)c(Br)c1C#N. The lowest BCUT2D eigenvalue weighted by atomic mass is 10.1. The van der Waals surface area contributed by atoms with Crippen molar-refractivity contribution >= 4 is 21.9 Å². The zero-order valence-corrected chi connectivity index (χ0v) is 9.38. The quantitative estimate of drug-likeness (QED) is 0.723. The Morgan fingerprint density at radius 2 is 2.21 bits per heavy atom. The Morgan fingerprint density at radius 1 is 1.57 bits per heavy atom. The molecule has 0 radical (unpaired) electrons. The number of ether oxygens (including phenoxy) is 1. The molecule has 0 aliphatic carbocycles. The second-order valence-corrected chi connectivity index (χ2v) is 3.52. The molecule has 0 bridgehead atoms. The number of nitriles is 1. The van der Waals surface area contributed by atoms with Crippen molar-refractivity contribution in [2.45, 2.75) is 6.92 Å². The van der Waals surface area contributed by atoms with Crippen molar-refractivity contribution in [2.24, 2.45) is 0 Å². The van der Waals surface area contributed by atoms with Crippen LogP contribution in [-0.2, 0) is 4.74 Å². The van der Waals surface area contributed by atoms with Gasteiger partial charge in [0.2, 0.25) is 0 Å². The molecule has 0 saturated carbocycles. The van der Waals surface area contributed by atoms with E-state index in [1.54, 1.807) is 12.1 Å². The Morgan fingerprint density at radius 3 is 2.71 bits per heavy atom. The number of nitrogens with zero attached hydrogens (tertiary/aromatic N) is 1. The Balaban J connectivity index is 3.40. The third-order valence-electron chi connectivity index (χ3n) is 1.85. The maximum Gasteiger partial charge on any atom is 0.339 e. The van der Waals surface area contributed by atoms with Crippen LogP contribution in [0.15, 0.2) is 16.6 Å². The van der Waals surface area contributed by atoms with E-state index in [-0.39, 0.29) is 5.56 Å². The Hall–Kier alpha value is -1.34. The van der Waals surface area contributed by atoms with Crippen LogP contribution in [0.3, 0.4) is 0 Å². The highest BCUT2D eigenvalue weighted by Crippen LogP contribution is 2.24. The Bertz CT molecular complexity index is 421. The van der Waals surface area contributed by atoms with E-state index in [2.05, 4.69) is 20.7 Å². The number of carbonyl (C=O) groups is 1. The smallest absolute Gasteiger partial charge is 0.339 e. The third kappa shape index (κ3) is 1.78. The standard InChI is InChI=1S/C10H8BrNO2/c1-6-3-4-7(10(13)14-2)8(5-12)9(6)11/h3-4H,1-2H3. The summed E-state index contributed by atoms with van der Waals surface area (Å²) in [6.45, 7) is 1.85. The number of carbonyl (C=O) groups excluding carboxylic acids is 1. The van der Waals surface area contributed by atoms with E-state index in [0.29, 0.717) is 10.0 Å². The lowest BCUT2D eigenvalue weighted by Crippen LogP contribution is -2.05. The highest BCUT2D eigenvalue weighted by molar-refractivity contribution is 9.10. The number of aryl methyl sites for hydroxylation is 1. The average Bonchev–Trinajstić information content (AvgIpc) is 2.20. The van der Waals surface area contributed by atoms with Gasteiger partial charge in [0, 0.05) is 4.47 Å². The van der Waals surface area contributed by atoms with Crippen molar-refractivity contribution < 1.29 is 9.53 Å². The number of benzene rings is 1. The van der Waals surface area contributed by atoms with Crippen LogP contribution in [0.1, 0.15) is 21.5 Å². The van der Waals surface area contributed by atoms with Crippen LogP contribution in [0.2, 0.25) is 0 Å². The summed E-state index contributed by atoms with van der Waals surface area (Å²) in [5.74, 6) is -0.498. The van der Waals surface area contributed by atoms with Crippen LogP contribution < -0.4 is 0 Å². The Kier molecular flexibility index (Phi) is 3.26. The van der Waals surface area contributed by atoms with Gasteiger partial charge in [-0.05, 0) is 34.5 Å². The first-order chi connectivity index (χ1) is 6.61. The van der Waals surface area contributed by atoms with E-state index in [9.17, 15) is 4.79 Å². The van der Waals surface area contributed by atoms with Crippen molar-refractivity contribution in [3.63, 3.8) is 0 Å². The monoisotopic (exact) mass is 253 g/mol. The molecule has 14 heavy (non-hydrogen) atoms. The van der Waals surface area contributed by atoms with E-state index in [4.69, 9.17) is 5.26 Å². The molecule has 0 aliphatic heterocycles. The molecule has 1 rings (SSSR count). The van der Waals surface area contributed by atoms with E-state index in [1.807, 2.05) is 13.0 Å². The first kappa shape index (κ1) is 10.7. The van der Waals surface area contributed by atoms with E-state index in [0.717, 1.165) is 5.56 Å². The van der Waals surface area contributed by atoms with Crippen molar-refractivity contribution in [2.75, 3.05) is 7.11 Å². The summed E-state index contributed by atoms with van der Waals surface area (Å²) in [5.41, 5.74) is 1.51. The van der Waals surface area contributed by atoms with Gasteiger partial charge in [-0.3, -0.25) is 0 Å². The summed E-state index contributed by atoms with van der Waals surface area (Å²) in [7, 11) is 1.29. The molecule has 1 aromatic carbocycles. The molecule has 0 heterocycles. The van der Waals surface area contributed by atoms with Crippen molar-refractivity contribution in [1.82, 2.24) is 0 Å². The normalized spacial score (nSPS) is 9.29. The molecule has 72 valence electrons. The summed E-state index contributed by atoms with van der Waals surface area (Å²) in [6.07, 6.45) is 0. The maximum atomic E-state index is 11.3. The summed E-state index contributed by atoms with van der Waals surface area (Å²) >= 11 is 3.26. The van der Waals surface area contributed by atoms with Crippen LogP contribution in [0.5, 0.6) is 0 Å². The lowest BCUT2D eigenvalue weighted by molar-refractivity contribution is 0.0600. The molecule has 0 aliphatic rings. The summed E-state index contributed by atoms with van der Waals surface area (Å²) in [6, 6.07) is 5.32. The molecular formula is C10H8BrNO2. The molecule has 4 heteroatoms. The fraction of sp³-hybridized carbons (Fsp3) is 0.200. The number of esters is 1. The number of methoxy groups -OCH3 is 1. The molecule has 0 spiro atoms. The first-order valence-electron chi connectivity index (χ1n) is 3.89. The number of halogens is 1. The van der Waals surface area contributed by atoms with Crippen molar-refractivity contribution in [3.05, 3.63) is 33.3 Å². The number of hydrogen-bond donors (Lipinski definition) is 0. The molecule has 1 aromatic rings. The van der Waals surface area contributed by atoms with Crippen LogP contribution >= 0.6 is 15.9 Å². The minimum Gasteiger partial charge on any atom is -0.465 e. The van der Waals surface area contributed by atoms with Gasteiger partial charge in [0.1, 0.15) is 6.07 Å². The third-order valence-corrected chi connectivity index (χ3v) is 2.87. The van der Waals surface area contributed by atoms with Gasteiger partial charge in [-0.25, -0.2) is 4.79 Å². The van der Waals surface area contributed by atoms with Gasteiger partial charge in [0.05, 0.1) is 18.2 Å². The predicted molar refractivity (Wildman–Crippen MR) is 54.9 cm³/mol. The fourth-order valence-corrected chi connectivity index (χ4v) is 1.50.